The van der Waals surface area contributed by atoms with Crippen molar-refractivity contribution in [2.75, 3.05) is 5.32 Å². The van der Waals surface area contributed by atoms with Crippen molar-refractivity contribution in [3.63, 3.8) is 0 Å². The van der Waals surface area contributed by atoms with E-state index in [1.54, 1.807) is 19.1 Å². The van der Waals surface area contributed by atoms with Gasteiger partial charge in [-0.3, -0.25) is 4.79 Å². The maximum Gasteiger partial charge on any atom is 0.292 e. The Morgan fingerprint density at radius 1 is 1.50 bits per heavy atom. The summed E-state index contributed by atoms with van der Waals surface area (Å²) in [6.45, 7) is 1.76. The van der Waals surface area contributed by atoms with Gasteiger partial charge in [-0.15, -0.1) is 11.6 Å². The van der Waals surface area contributed by atoms with Crippen LogP contribution in [0.1, 0.15) is 28.6 Å². The molecule has 0 saturated heterocycles. The molecule has 0 spiro atoms. The Kier molecular flexibility index (Phi) is 2.96. The molecule has 2 aromatic rings. The Morgan fingerprint density at radius 2 is 2.31 bits per heavy atom. The number of alkyl halides is 1. The molecule has 0 fully saturated rings. The molecule has 2 aromatic heterocycles. The van der Waals surface area contributed by atoms with Crippen LogP contribution in [-0.2, 0) is 0 Å². The summed E-state index contributed by atoms with van der Waals surface area (Å²) < 4.78 is 9.83. The Balaban J connectivity index is 2.09. The van der Waals surface area contributed by atoms with Gasteiger partial charge in [-0.05, 0) is 19.1 Å². The van der Waals surface area contributed by atoms with E-state index in [2.05, 4.69) is 15.0 Å². The minimum Gasteiger partial charge on any atom is -0.454 e. The van der Waals surface area contributed by atoms with Crippen molar-refractivity contribution in [1.29, 1.82) is 0 Å². The highest BCUT2D eigenvalue weighted by Gasteiger charge is 2.14. The lowest BCUT2D eigenvalue weighted by molar-refractivity contribution is 0.0994. The monoisotopic (exact) mass is 240 g/mol. The number of amides is 1. The number of carbonyl (C=O) groups is 1. The molecule has 1 N–H and O–H groups in total. The molecule has 1 amide bonds. The van der Waals surface area contributed by atoms with Crippen molar-refractivity contribution in [2.24, 2.45) is 0 Å². The lowest BCUT2D eigenvalue weighted by Gasteiger charge is -1.98. The number of hydrogen-bond acceptors (Lipinski definition) is 4. The summed E-state index contributed by atoms with van der Waals surface area (Å²) in [6, 6.07) is 4.75. The number of hydrogen-bond donors (Lipinski definition) is 1. The highest BCUT2D eigenvalue weighted by molar-refractivity contribution is 6.20. The molecule has 0 aliphatic heterocycles. The van der Waals surface area contributed by atoms with Crippen LogP contribution >= 0.6 is 11.6 Å². The van der Waals surface area contributed by atoms with Gasteiger partial charge in [0, 0.05) is 6.07 Å². The summed E-state index contributed by atoms with van der Waals surface area (Å²) in [5, 5.41) is 5.79. The molecule has 1 atom stereocenters. The third kappa shape index (κ3) is 2.25. The first-order chi connectivity index (χ1) is 7.66. The molecule has 0 radical (unpaired) electrons. The van der Waals surface area contributed by atoms with Crippen LogP contribution in [0.4, 0.5) is 5.82 Å². The molecular formula is C10H9ClN2O3. The molecule has 16 heavy (non-hydrogen) atoms. The van der Waals surface area contributed by atoms with Gasteiger partial charge in [-0.1, -0.05) is 5.16 Å². The second-order valence-electron chi connectivity index (χ2n) is 3.16. The fourth-order valence-electron chi connectivity index (χ4n) is 1.14. The molecule has 6 heteroatoms. The number of anilines is 1. The highest BCUT2D eigenvalue weighted by Crippen LogP contribution is 2.22. The summed E-state index contributed by atoms with van der Waals surface area (Å²) in [6.07, 6.45) is 1.37. The predicted molar refractivity (Wildman–Crippen MR) is 57.4 cm³/mol. The third-order valence-corrected chi connectivity index (χ3v) is 2.14. The summed E-state index contributed by atoms with van der Waals surface area (Å²) in [5.41, 5.74) is 0. The van der Waals surface area contributed by atoms with E-state index >= 15 is 0 Å². The van der Waals surface area contributed by atoms with E-state index in [0.717, 1.165) is 0 Å². The van der Waals surface area contributed by atoms with E-state index in [1.165, 1.54) is 12.3 Å². The Hall–Kier alpha value is -1.75. The Bertz CT molecular complexity index is 476. The fourth-order valence-corrected chi connectivity index (χ4v) is 1.26. The van der Waals surface area contributed by atoms with Crippen LogP contribution in [0.3, 0.4) is 0 Å². The van der Waals surface area contributed by atoms with Gasteiger partial charge >= 0.3 is 0 Å². The molecule has 0 aliphatic rings. The normalized spacial score (nSPS) is 12.4. The average molecular weight is 241 g/mol. The van der Waals surface area contributed by atoms with E-state index in [1.807, 2.05) is 0 Å². The van der Waals surface area contributed by atoms with Crippen molar-refractivity contribution in [3.05, 3.63) is 36.0 Å². The van der Waals surface area contributed by atoms with Crippen molar-refractivity contribution in [2.45, 2.75) is 12.3 Å². The number of rotatable bonds is 3. The minimum atomic E-state index is -0.391. The lowest BCUT2D eigenvalue weighted by Crippen LogP contribution is -2.10. The molecular weight excluding hydrogens is 232 g/mol. The van der Waals surface area contributed by atoms with Crippen LogP contribution in [-0.4, -0.2) is 11.1 Å². The molecule has 2 heterocycles. The summed E-state index contributed by atoms with van der Waals surface area (Å²) in [4.78, 5) is 11.6. The van der Waals surface area contributed by atoms with Crippen LogP contribution in [0.25, 0.3) is 0 Å². The molecule has 5 nitrogen and oxygen atoms in total. The maximum absolute atomic E-state index is 11.6. The van der Waals surface area contributed by atoms with Crippen molar-refractivity contribution in [1.82, 2.24) is 5.16 Å². The molecule has 1 unspecified atom stereocenters. The smallest absolute Gasteiger partial charge is 0.292 e. The minimum absolute atomic E-state index is 0.186. The van der Waals surface area contributed by atoms with E-state index in [0.29, 0.717) is 11.6 Å². The first-order valence-electron chi connectivity index (χ1n) is 4.62. The molecule has 0 saturated carbocycles. The van der Waals surface area contributed by atoms with E-state index in [9.17, 15) is 4.79 Å². The van der Waals surface area contributed by atoms with E-state index in [4.69, 9.17) is 16.0 Å². The topological polar surface area (TPSA) is 68.3 Å². The second kappa shape index (κ2) is 4.40. The lowest BCUT2D eigenvalue weighted by atomic mass is 10.3. The number of nitrogens with one attached hydrogen (secondary N) is 1. The first kappa shape index (κ1) is 10.8. The largest absolute Gasteiger partial charge is 0.454 e. The quantitative estimate of drug-likeness (QED) is 0.838. The molecule has 0 bridgehead atoms. The molecule has 0 aliphatic carbocycles. The van der Waals surface area contributed by atoms with Crippen molar-refractivity contribution in [3.8, 4) is 0 Å². The van der Waals surface area contributed by atoms with E-state index in [-0.39, 0.29) is 11.1 Å². The zero-order chi connectivity index (χ0) is 11.5. The number of carbonyl (C=O) groups excluding carboxylic acids is 1. The molecule has 2 rings (SSSR count). The van der Waals surface area contributed by atoms with Gasteiger partial charge in [0.1, 0.15) is 12.0 Å². The summed E-state index contributed by atoms with van der Waals surface area (Å²) in [5.74, 6) is 0.678. The van der Waals surface area contributed by atoms with Crippen LogP contribution in [0, 0.1) is 0 Å². The van der Waals surface area contributed by atoms with Gasteiger partial charge in [0.2, 0.25) is 0 Å². The SMILES string of the molecule is CC(Cl)c1ccc(C(=O)Nc2ccon2)o1. The van der Waals surface area contributed by atoms with Gasteiger partial charge < -0.3 is 14.3 Å². The van der Waals surface area contributed by atoms with E-state index < -0.39 is 5.91 Å². The first-order valence-corrected chi connectivity index (χ1v) is 5.06. The standard InChI is InChI=1S/C10H9ClN2O3/c1-6(11)7-2-3-8(16-7)10(14)12-9-4-5-15-13-9/h2-6H,1H3,(H,12,13,14). The number of halogens is 1. The zero-order valence-corrected chi connectivity index (χ0v) is 9.19. The predicted octanol–water partition coefficient (Wildman–Crippen LogP) is 2.82. The van der Waals surface area contributed by atoms with Gasteiger partial charge in [-0.2, -0.15) is 0 Å². The van der Waals surface area contributed by atoms with Gasteiger partial charge in [0.15, 0.2) is 11.6 Å². The third-order valence-electron chi connectivity index (χ3n) is 1.92. The van der Waals surface area contributed by atoms with Crippen LogP contribution in [0.2, 0.25) is 0 Å². The maximum atomic E-state index is 11.6. The summed E-state index contributed by atoms with van der Waals surface area (Å²) in [7, 11) is 0. The van der Waals surface area contributed by atoms with Gasteiger partial charge in [0.05, 0.1) is 5.38 Å². The van der Waals surface area contributed by atoms with Crippen molar-refractivity contribution < 1.29 is 13.7 Å². The molecule has 84 valence electrons. The average Bonchev–Trinajstić information content (AvgIpc) is 2.86. The van der Waals surface area contributed by atoms with Crippen molar-refractivity contribution >= 4 is 23.3 Å². The second-order valence-corrected chi connectivity index (χ2v) is 3.81. The van der Waals surface area contributed by atoms with Crippen LogP contribution in [0.5, 0.6) is 0 Å². The zero-order valence-electron chi connectivity index (χ0n) is 8.44. The van der Waals surface area contributed by atoms with Gasteiger partial charge in [-0.25, -0.2) is 0 Å². The fraction of sp³-hybridized carbons (Fsp3) is 0.200. The Morgan fingerprint density at radius 3 is 2.88 bits per heavy atom. The number of furan rings is 1. The Labute approximate surface area is 96.4 Å². The van der Waals surface area contributed by atoms with Gasteiger partial charge in [0.25, 0.3) is 5.91 Å². The number of nitrogens with zero attached hydrogens (tertiary/aromatic N) is 1. The highest BCUT2D eigenvalue weighted by atomic mass is 35.5. The van der Waals surface area contributed by atoms with Crippen LogP contribution in [0.15, 0.2) is 33.4 Å². The van der Waals surface area contributed by atoms with Crippen LogP contribution < -0.4 is 5.32 Å². The summed E-state index contributed by atoms with van der Waals surface area (Å²) >= 11 is 5.81. The molecule has 0 aromatic carbocycles. The number of aromatic nitrogens is 1.